The molecule has 1 atom stereocenters. The van der Waals surface area contributed by atoms with Crippen molar-refractivity contribution in [2.24, 2.45) is 5.73 Å². The number of nitrogens with zero attached hydrogens (tertiary/aromatic N) is 2. The van der Waals surface area contributed by atoms with Crippen molar-refractivity contribution < 1.29 is 48.1 Å². The zero-order valence-corrected chi connectivity index (χ0v) is 20.6. The van der Waals surface area contributed by atoms with Crippen molar-refractivity contribution in [2.75, 3.05) is 7.05 Å². The topological polar surface area (TPSA) is 192 Å². The van der Waals surface area contributed by atoms with Crippen molar-refractivity contribution >= 4 is 47.2 Å². The van der Waals surface area contributed by atoms with Crippen LogP contribution in [0, 0.1) is 0 Å². The predicted molar refractivity (Wildman–Crippen MR) is 129 cm³/mol. The number of carbonyl (C=O) groups is 6. The first-order valence-electron chi connectivity index (χ1n) is 10.8. The molecule has 0 aromatic heterocycles. The molecule has 1 heterocycles. The Morgan fingerprint density at radius 1 is 0.895 bits per heavy atom. The second kappa shape index (κ2) is 10.4. The number of likely N-dealkylation sites (N-methyl/N-ethyl adjacent to an activating group) is 1. The molecule has 0 fully saturated rings. The maximum Gasteiger partial charge on any atom is 0.462 e. The van der Waals surface area contributed by atoms with Gasteiger partial charge in [-0.15, -0.1) is 5.43 Å². The van der Waals surface area contributed by atoms with Gasteiger partial charge in [0.15, 0.2) is 17.2 Å². The number of nitrogens with one attached hydrogen (secondary N) is 1. The molecule has 0 bridgehead atoms. The molecule has 1 unspecified atom stereocenters. The number of carboxylic acid groups (broad SMARTS) is 1. The third-order valence-corrected chi connectivity index (χ3v) is 5.18. The molecule has 4 amide bonds. The van der Waals surface area contributed by atoms with Crippen molar-refractivity contribution in [3.05, 3.63) is 53.8 Å². The number of amides is 4. The van der Waals surface area contributed by atoms with Gasteiger partial charge in [0, 0.05) is 45.5 Å². The van der Waals surface area contributed by atoms with Gasteiger partial charge in [0.05, 0.1) is 0 Å². The Morgan fingerprint density at radius 3 is 1.84 bits per heavy atom. The average molecular weight is 527 g/mol. The van der Waals surface area contributed by atoms with E-state index in [2.05, 4.69) is 5.43 Å². The summed E-state index contributed by atoms with van der Waals surface area (Å²) in [6.07, 6.45) is -1.64. The summed E-state index contributed by atoms with van der Waals surface area (Å²) < 4.78 is 14.0. The SMILES string of the molecule is CC(=O)Oc1cc(C2=C(N)[N+](NC(=O)O)(c3ccccc3)C(=O)N(C)C2=O)cc(OC(C)=O)c1OC(C)=O. The number of nitrogens with two attached hydrogens (primary N) is 1. The molecule has 0 aliphatic carbocycles. The van der Waals surface area contributed by atoms with E-state index in [1.54, 1.807) is 6.07 Å². The Kier molecular flexibility index (Phi) is 7.48. The number of urea groups is 1. The number of hydrogen-bond donors (Lipinski definition) is 3. The molecule has 1 aliphatic rings. The number of para-hydroxylation sites is 1. The zero-order valence-electron chi connectivity index (χ0n) is 20.6. The molecule has 4 N–H and O–H groups in total. The number of esters is 3. The summed E-state index contributed by atoms with van der Waals surface area (Å²) >= 11 is 0. The van der Waals surface area contributed by atoms with Crippen molar-refractivity contribution in [1.29, 1.82) is 0 Å². The Labute approximate surface area is 215 Å². The standard InChI is InChI=1S/C24H22N4O10/c1-12(29)36-17-10-15(11-18(37-13(2)30)20(17)38-14(3)31)19-21(25)28(26-23(33)34,16-8-6-5-7-9-16)24(35)27(4)22(19)32/h5-11,26H,1-4H3,(H2-,25,32,33,34)/p+1. The van der Waals surface area contributed by atoms with Crippen LogP contribution < -0.4 is 30.0 Å². The first-order valence-corrected chi connectivity index (χ1v) is 10.8. The van der Waals surface area contributed by atoms with Gasteiger partial charge in [-0.05, 0) is 12.1 Å². The smallest absolute Gasteiger partial charge is 0.462 e. The summed E-state index contributed by atoms with van der Waals surface area (Å²) in [6, 6.07) is 8.66. The largest absolute Gasteiger partial charge is 0.462 e. The van der Waals surface area contributed by atoms with E-state index in [1.165, 1.54) is 24.3 Å². The van der Waals surface area contributed by atoms with Crippen LogP contribution in [0.25, 0.3) is 5.57 Å². The summed E-state index contributed by atoms with van der Waals surface area (Å²) in [5.74, 6) is -5.34. The molecule has 3 rings (SSSR count). The molecular formula is C24H23N4O10+. The average Bonchev–Trinajstić information content (AvgIpc) is 2.82. The lowest BCUT2D eigenvalue weighted by Crippen LogP contribution is -2.72. The van der Waals surface area contributed by atoms with E-state index in [-0.39, 0.29) is 11.3 Å². The Balaban J connectivity index is 2.44. The van der Waals surface area contributed by atoms with Gasteiger partial charge in [0.1, 0.15) is 5.57 Å². The lowest BCUT2D eigenvalue weighted by Gasteiger charge is -2.38. The van der Waals surface area contributed by atoms with Crippen LogP contribution in [0.15, 0.2) is 48.3 Å². The van der Waals surface area contributed by atoms with Gasteiger partial charge in [-0.3, -0.25) is 19.2 Å². The molecule has 0 radical (unpaired) electrons. The Bertz CT molecular complexity index is 1370. The fourth-order valence-electron chi connectivity index (χ4n) is 3.78. The van der Waals surface area contributed by atoms with Crippen LogP contribution in [-0.2, 0) is 19.2 Å². The monoisotopic (exact) mass is 527 g/mol. The minimum absolute atomic E-state index is 0.0474. The normalized spacial score (nSPS) is 17.1. The maximum atomic E-state index is 13.4. The molecule has 0 saturated carbocycles. The zero-order chi connectivity index (χ0) is 28.4. The summed E-state index contributed by atoms with van der Waals surface area (Å²) in [6.45, 7) is 3.16. The second-order valence-corrected chi connectivity index (χ2v) is 7.91. The van der Waals surface area contributed by atoms with E-state index in [4.69, 9.17) is 19.9 Å². The number of imide groups is 1. The van der Waals surface area contributed by atoms with Gasteiger partial charge in [0.25, 0.3) is 11.7 Å². The summed E-state index contributed by atoms with van der Waals surface area (Å²) in [5.41, 5.74) is 7.97. The lowest BCUT2D eigenvalue weighted by molar-refractivity contribution is -0.135. The van der Waals surface area contributed by atoms with Crippen LogP contribution in [0.1, 0.15) is 26.3 Å². The van der Waals surface area contributed by atoms with Crippen LogP contribution in [0.2, 0.25) is 0 Å². The van der Waals surface area contributed by atoms with E-state index in [0.717, 1.165) is 40.0 Å². The van der Waals surface area contributed by atoms with Crippen molar-refractivity contribution in [2.45, 2.75) is 20.8 Å². The van der Waals surface area contributed by atoms with Crippen LogP contribution >= 0.6 is 0 Å². The van der Waals surface area contributed by atoms with Crippen LogP contribution in [0.5, 0.6) is 17.2 Å². The molecule has 38 heavy (non-hydrogen) atoms. The number of quaternary nitrogens is 1. The van der Waals surface area contributed by atoms with Gasteiger partial charge in [-0.25, -0.2) is 14.5 Å². The lowest BCUT2D eigenvalue weighted by atomic mass is 10.0. The molecule has 0 saturated heterocycles. The van der Waals surface area contributed by atoms with Crippen LogP contribution in [0.3, 0.4) is 0 Å². The van der Waals surface area contributed by atoms with Gasteiger partial charge >= 0.3 is 30.0 Å². The number of carbonyl (C=O) groups excluding carboxylic acids is 5. The minimum atomic E-state index is -1.64. The van der Waals surface area contributed by atoms with Gasteiger partial charge in [-0.2, -0.15) is 0 Å². The summed E-state index contributed by atoms with van der Waals surface area (Å²) in [4.78, 5) is 74.6. The molecule has 0 spiro atoms. The molecule has 14 nitrogen and oxygen atoms in total. The van der Waals surface area contributed by atoms with Gasteiger partial charge in [-0.1, -0.05) is 22.8 Å². The molecule has 2 aromatic carbocycles. The molecule has 198 valence electrons. The quantitative estimate of drug-likeness (QED) is 0.282. The fraction of sp³-hybridized carbons (Fsp3) is 0.167. The molecule has 2 aromatic rings. The van der Waals surface area contributed by atoms with E-state index in [1.807, 2.05) is 0 Å². The van der Waals surface area contributed by atoms with E-state index >= 15 is 0 Å². The molecular weight excluding hydrogens is 504 g/mol. The highest BCUT2D eigenvalue weighted by atomic mass is 16.6. The highest BCUT2D eigenvalue weighted by Crippen LogP contribution is 2.43. The molecule has 14 heteroatoms. The summed E-state index contributed by atoms with van der Waals surface area (Å²) in [7, 11) is 1.11. The first kappa shape index (κ1) is 27.3. The minimum Gasteiger partial charge on any atom is -0.462 e. The number of rotatable bonds is 6. The first-order chi connectivity index (χ1) is 17.8. The van der Waals surface area contributed by atoms with Crippen LogP contribution in [0.4, 0.5) is 15.3 Å². The maximum absolute atomic E-state index is 13.4. The van der Waals surface area contributed by atoms with Crippen molar-refractivity contribution in [3.8, 4) is 17.2 Å². The third-order valence-electron chi connectivity index (χ3n) is 5.18. The van der Waals surface area contributed by atoms with Gasteiger partial charge in [0.2, 0.25) is 5.75 Å². The Morgan fingerprint density at radius 2 is 1.39 bits per heavy atom. The number of hydrogen-bond acceptors (Lipinski definition) is 10. The van der Waals surface area contributed by atoms with E-state index in [9.17, 15) is 33.9 Å². The summed E-state index contributed by atoms with van der Waals surface area (Å²) in [5, 5.41) is 9.62. The Hall–Kier alpha value is -5.24. The predicted octanol–water partition coefficient (Wildman–Crippen LogP) is 1.87. The van der Waals surface area contributed by atoms with Crippen molar-refractivity contribution in [3.63, 3.8) is 0 Å². The second-order valence-electron chi connectivity index (χ2n) is 7.91. The fourth-order valence-corrected chi connectivity index (χ4v) is 3.78. The number of ether oxygens (including phenoxy) is 3. The van der Waals surface area contributed by atoms with Crippen LogP contribution in [-0.4, -0.2) is 53.0 Å². The van der Waals surface area contributed by atoms with Crippen molar-refractivity contribution in [1.82, 2.24) is 14.9 Å². The highest BCUT2D eigenvalue weighted by molar-refractivity contribution is 6.28. The van der Waals surface area contributed by atoms with Gasteiger partial charge < -0.3 is 25.1 Å². The van der Waals surface area contributed by atoms with E-state index < -0.39 is 69.2 Å². The number of benzene rings is 2. The van der Waals surface area contributed by atoms with E-state index in [0.29, 0.717) is 4.90 Å². The molecule has 1 aliphatic heterocycles. The third kappa shape index (κ3) is 5.01. The highest BCUT2D eigenvalue weighted by Gasteiger charge is 2.56.